The molecule has 13 heteroatoms. The van der Waals surface area contributed by atoms with E-state index in [9.17, 15) is 23.6 Å². The first-order chi connectivity index (χ1) is 18.7. The van der Waals surface area contributed by atoms with E-state index in [0.29, 0.717) is 51.0 Å². The molecule has 1 saturated heterocycles. The van der Waals surface area contributed by atoms with Crippen molar-refractivity contribution in [3.8, 4) is 6.07 Å². The van der Waals surface area contributed by atoms with Gasteiger partial charge in [-0.3, -0.25) is 0 Å². The van der Waals surface area contributed by atoms with Crippen molar-refractivity contribution in [1.29, 1.82) is 5.26 Å². The van der Waals surface area contributed by atoms with Gasteiger partial charge in [0.15, 0.2) is 5.03 Å². The zero-order valence-corrected chi connectivity index (χ0v) is 22.8. The normalized spacial score (nSPS) is 18.3. The van der Waals surface area contributed by atoms with Gasteiger partial charge in [0, 0.05) is 64.4 Å². The van der Waals surface area contributed by atoms with Gasteiger partial charge in [-0.15, -0.1) is 0 Å². The summed E-state index contributed by atoms with van der Waals surface area (Å²) < 4.78 is 33.2. The number of fused-ring (bicyclic) bond motifs is 1. The maximum atomic E-state index is 14.1. The van der Waals surface area contributed by atoms with Crippen LogP contribution in [0.4, 0.5) is 10.5 Å². The first-order valence-electron chi connectivity index (χ1n) is 12.9. The second-order valence-corrected chi connectivity index (χ2v) is 12.2. The highest BCUT2D eigenvalue weighted by Crippen LogP contribution is 2.34. The van der Waals surface area contributed by atoms with Crippen molar-refractivity contribution < 1.29 is 18.3 Å². The van der Waals surface area contributed by atoms with Crippen LogP contribution >= 0.6 is 0 Å². The van der Waals surface area contributed by atoms with E-state index in [0.717, 1.165) is 16.9 Å². The number of amides is 1. The van der Waals surface area contributed by atoms with Crippen LogP contribution in [0.5, 0.6) is 0 Å². The Hall–Kier alpha value is -3.89. The maximum Gasteiger partial charge on any atom is 0.407 e. The van der Waals surface area contributed by atoms with Crippen molar-refractivity contribution >= 4 is 21.8 Å². The second-order valence-electron chi connectivity index (χ2n) is 10.4. The van der Waals surface area contributed by atoms with Crippen molar-refractivity contribution in [3.05, 3.63) is 60.1 Å². The minimum absolute atomic E-state index is 0.0106. The van der Waals surface area contributed by atoms with E-state index in [-0.39, 0.29) is 17.5 Å². The number of hydrogen-bond acceptors (Lipinski definition) is 7. The summed E-state index contributed by atoms with van der Waals surface area (Å²) in [7, 11) is -0.307. The number of carboxylic acid groups (broad SMARTS) is 1. The molecular formula is C26H32N8O4S. The molecule has 3 aromatic rings. The van der Waals surface area contributed by atoms with Crippen molar-refractivity contribution in [2.45, 2.75) is 36.9 Å². The lowest BCUT2D eigenvalue weighted by Crippen LogP contribution is -2.53. The number of benzene rings is 1. The van der Waals surface area contributed by atoms with Crippen molar-refractivity contribution in [1.82, 2.24) is 28.3 Å². The van der Waals surface area contributed by atoms with Crippen LogP contribution < -0.4 is 4.90 Å². The predicted molar refractivity (Wildman–Crippen MR) is 142 cm³/mol. The Morgan fingerprint density at radius 2 is 2.00 bits per heavy atom. The third-order valence-electron chi connectivity index (χ3n) is 7.69. The van der Waals surface area contributed by atoms with E-state index in [1.54, 1.807) is 34.5 Å². The van der Waals surface area contributed by atoms with E-state index >= 15 is 0 Å². The lowest BCUT2D eigenvalue weighted by molar-refractivity contribution is 0.118. The molecule has 1 N–H and O–H groups in total. The molecular weight excluding hydrogens is 520 g/mol. The van der Waals surface area contributed by atoms with E-state index in [2.05, 4.69) is 20.9 Å². The molecule has 0 spiro atoms. The SMILES string of the molecule is Cn1cnc(S(=O)(=O)N(CC2CCN(C(=O)O)CC2)C2Cc3cc(C#N)ccc3N(Cc3cncn3C)C2)c1. The molecule has 5 rings (SSSR count). The quantitative estimate of drug-likeness (QED) is 0.470. The monoisotopic (exact) mass is 552 g/mol. The van der Waals surface area contributed by atoms with Gasteiger partial charge in [0.05, 0.1) is 36.5 Å². The van der Waals surface area contributed by atoms with E-state index in [1.165, 1.54) is 17.4 Å². The standard InChI is InChI=1S/C26H32N8O4S/c1-30-16-25(29-18-30)39(37,38)34(13-19-5-7-32(8-6-19)26(35)36)22-10-21-9-20(11-27)3-4-24(21)33(14-22)15-23-12-28-17-31(23)2/h3-4,9,12,16-19,22H,5-8,10,13-15H2,1-2H3,(H,35,36). The van der Waals surface area contributed by atoms with E-state index in [4.69, 9.17) is 0 Å². The van der Waals surface area contributed by atoms with Gasteiger partial charge >= 0.3 is 6.09 Å². The molecule has 4 heterocycles. The molecule has 1 fully saturated rings. The molecule has 1 unspecified atom stereocenters. The van der Waals surface area contributed by atoms with E-state index < -0.39 is 22.2 Å². The number of piperidine rings is 1. The molecule has 0 aliphatic carbocycles. The molecule has 206 valence electrons. The number of anilines is 1. The number of imidazole rings is 2. The van der Waals surface area contributed by atoms with E-state index in [1.807, 2.05) is 23.7 Å². The zero-order chi connectivity index (χ0) is 27.7. The average molecular weight is 553 g/mol. The van der Waals surface area contributed by atoms with Crippen LogP contribution in [0, 0.1) is 17.2 Å². The minimum Gasteiger partial charge on any atom is -0.465 e. The summed E-state index contributed by atoms with van der Waals surface area (Å²) in [5.74, 6) is 0.0106. The van der Waals surface area contributed by atoms with Gasteiger partial charge in [0.2, 0.25) is 0 Å². The summed E-state index contributed by atoms with van der Waals surface area (Å²) in [6.45, 7) is 2.00. The molecule has 0 bridgehead atoms. The summed E-state index contributed by atoms with van der Waals surface area (Å²) in [5.41, 5.74) is 3.38. The van der Waals surface area contributed by atoms with Gasteiger partial charge in [-0.25, -0.2) is 23.2 Å². The van der Waals surface area contributed by atoms with Crippen molar-refractivity contribution in [2.75, 3.05) is 31.1 Å². The fourth-order valence-electron chi connectivity index (χ4n) is 5.52. The molecule has 39 heavy (non-hydrogen) atoms. The lowest BCUT2D eigenvalue weighted by atomic mass is 9.93. The van der Waals surface area contributed by atoms with Crippen molar-refractivity contribution in [3.63, 3.8) is 0 Å². The number of hydrogen-bond donors (Lipinski definition) is 1. The Balaban J connectivity index is 1.50. The Morgan fingerprint density at radius 3 is 2.62 bits per heavy atom. The maximum absolute atomic E-state index is 14.1. The molecule has 1 aromatic carbocycles. The third kappa shape index (κ3) is 5.48. The summed E-state index contributed by atoms with van der Waals surface area (Å²) in [5, 5.41) is 18.9. The number of aromatic nitrogens is 4. The largest absolute Gasteiger partial charge is 0.465 e. The number of carbonyl (C=O) groups is 1. The fourth-order valence-corrected chi connectivity index (χ4v) is 7.18. The van der Waals surface area contributed by atoms with Crippen LogP contribution in [-0.2, 0) is 37.1 Å². The fraction of sp³-hybridized carbons (Fsp3) is 0.462. The van der Waals surface area contributed by atoms with Crippen molar-refractivity contribution in [2.24, 2.45) is 20.0 Å². The number of rotatable bonds is 7. The Kier molecular flexibility index (Phi) is 7.33. The van der Waals surface area contributed by atoms with Crippen LogP contribution in [0.1, 0.15) is 29.7 Å². The van der Waals surface area contributed by atoms with Gasteiger partial charge in [-0.2, -0.15) is 9.57 Å². The highest BCUT2D eigenvalue weighted by Gasteiger charge is 2.39. The van der Waals surface area contributed by atoms with Gasteiger partial charge in [-0.05, 0) is 48.9 Å². The third-order valence-corrected chi connectivity index (χ3v) is 9.49. The highest BCUT2D eigenvalue weighted by atomic mass is 32.2. The number of sulfonamides is 1. The van der Waals surface area contributed by atoms with Crippen LogP contribution in [0.3, 0.4) is 0 Å². The molecule has 2 aromatic heterocycles. The van der Waals surface area contributed by atoms with Gasteiger partial charge in [-0.1, -0.05) is 0 Å². The Morgan fingerprint density at radius 1 is 1.23 bits per heavy atom. The molecule has 1 atom stereocenters. The number of nitriles is 1. The molecule has 2 aliphatic rings. The summed E-state index contributed by atoms with van der Waals surface area (Å²) in [6.07, 6.45) is 7.18. The van der Waals surface area contributed by atoms with Crippen LogP contribution in [0.2, 0.25) is 0 Å². The van der Waals surface area contributed by atoms with Gasteiger partial charge in [0.25, 0.3) is 10.0 Å². The van der Waals surface area contributed by atoms with Crippen LogP contribution in [0.25, 0.3) is 0 Å². The molecule has 1 amide bonds. The summed E-state index contributed by atoms with van der Waals surface area (Å²) in [6, 6.07) is 7.34. The highest BCUT2D eigenvalue weighted by molar-refractivity contribution is 7.89. The zero-order valence-electron chi connectivity index (χ0n) is 22.0. The molecule has 2 aliphatic heterocycles. The Labute approximate surface area is 227 Å². The lowest BCUT2D eigenvalue weighted by Gasteiger charge is -2.42. The molecule has 0 radical (unpaired) electrons. The number of likely N-dealkylation sites (tertiary alicyclic amines) is 1. The van der Waals surface area contributed by atoms with Crippen LogP contribution in [0.15, 0.2) is 48.3 Å². The first-order valence-corrected chi connectivity index (χ1v) is 14.3. The Bertz CT molecular complexity index is 1500. The molecule has 0 saturated carbocycles. The number of aryl methyl sites for hydroxylation is 2. The summed E-state index contributed by atoms with van der Waals surface area (Å²) >= 11 is 0. The predicted octanol–water partition coefficient (Wildman–Crippen LogP) is 2.04. The first kappa shape index (κ1) is 26.7. The van der Waals surface area contributed by atoms with Crippen LogP contribution in [-0.4, -0.2) is 80.1 Å². The van der Waals surface area contributed by atoms with Gasteiger partial charge < -0.3 is 24.0 Å². The summed E-state index contributed by atoms with van der Waals surface area (Å²) in [4.78, 5) is 23.3. The topological polar surface area (TPSA) is 141 Å². The number of nitrogens with zero attached hydrogens (tertiary/aromatic N) is 8. The average Bonchev–Trinajstić information content (AvgIpc) is 3.55. The smallest absolute Gasteiger partial charge is 0.407 e. The minimum atomic E-state index is -3.96. The second kappa shape index (κ2) is 10.7. The van der Waals surface area contributed by atoms with Gasteiger partial charge in [0.1, 0.15) is 0 Å². The molecule has 12 nitrogen and oxygen atoms in total.